The number of aryl methyl sites for hydroxylation is 2. The number of halogens is 2. The summed E-state index contributed by atoms with van der Waals surface area (Å²) in [6.07, 6.45) is 0.0225. The van der Waals surface area contributed by atoms with Crippen molar-refractivity contribution in [2.75, 3.05) is 23.4 Å². The van der Waals surface area contributed by atoms with Crippen molar-refractivity contribution in [1.82, 2.24) is 0 Å². The second-order valence-corrected chi connectivity index (χ2v) is 7.87. The maximum Gasteiger partial charge on any atom is 0.311 e. The molecule has 1 heterocycles. The van der Waals surface area contributed by atoms with Crippen LogP contribution in [-0.4, -0.2) is 30.9 Å². The van der Waals surface area contributed by atoms with Gasteiger partial charge in [-0.3, -0.25) is 14.4 Å². The molecule has 2 aromatic rings. The lowest BCUT2D eigenvalue weighted by Crippen LogP contribution is -2.28. The van der Waals surface area contributed by atoms with Crippen molar-refractivity contribution in [1.29, 1.82) is 0 Å². The molecular weight excluding hydrogens is 443 g/mol. The van der Waals surface area contributed by atoms with Gasteiger partial charge in [-0.25, -0.2) is 4.39 Å². The molecule has 1 atom stereocenters. The number of rotatable bonds is 5. The Bertz CT molecular complexity index is 979. The summed E-state index contributed by atoms with van der Waals surface area (Å²) in [5.41, 5.74) is 2.89. The third kappa shape index (κ3) is 5.00. The average molecular weight is 463 g/mol. The molecule has 1 fully saturated rings. The van der Waals surface area contributed by atoms with Crippen LogP contribution in [0.1, 0.15) is 17.5 Å². The van der Waals surface area contributed by atoms with Gasteiger partial charge in [-0.15, -0.1) is 0 Å². The molecule has 1 saturated heterocycles. The molecule has 3 rings (SSSR count). The number of carbonyl (C=O) groups is 3. The van der Waals surface area contributed by atoms with Crippen LogP contribution in [-0.2, 0) is 19.1 Å². The molecule has 0 saturated carbocycles. The van der Waals surface area contributed by atoms with Gasteiger partial charge in [0.2, 0.25) is 5.91 Å². The molecule has 1 unspecified atom stereocenters. The van der Waals surface area contributed by atoms with Gasteiger partial charge in [-0.05, 0) is 55.3 Å². The zero-order valence-electron chi connectivity index (χ0n) is 16.0. The van der Waals surface area contributed by atoms with Crippen molar-refractivity contribution in [3.63, 3.8) is 0 Å². The zero-order valence-corrected chi connectivity index (χ0v) is 17.6. The third-order valence-corrected chi connectivity index (χ3v) is 5.30. The van der Waals surface area contributed by atoms with Crippen LogP contribution >= 0.6 is 15.9 Å². The van der Waals surface area contributed by atoms with Crippen LogP contribution in [0.15, 0.2) is 40.9 Å². The van der Waals surface area contributed by atoms with E-state index in [0.717, 1.165) is 16.8 Å². The van der Waals surface area contributed by atoms with E-state index in [0.29, 0.717) is 4.47 Å². The van der Waals surface area contributed by atoms with Crippen molar-refractivity contribution in [3.8, 4) is 0 Å². The predicted octanol–water partition coefficient (Wildman–Crippen LogP) is 3.74. The highest BCUT2D eigenvalue weighted by molar-refractivity contribution is 9.10. The smallest absolute Gasteiger partial charge is 0.311 e. The predicted molar refractivity (Wildman–Crippen MR) is 110 cm³/mol. The molecule has 1 aliphatic rings. The van der Waals surface area contributed by atoms with Crippen molar-refractivity contribution < 1.29 is 23.5 Å². The van der Waals surface area contributed by atoms with E-state index in [1.54, 1.807) is 11.0 Å². The lowest BCUT2D eigenvalue weighted by Gasteiger charge is -2.17. The van der Waals surface area contributed by atoms with Gasteiger partial charge in [0.05, 0.1) is 11.6 Å². The van der Waals surface area contributed by atoms with E-state index in [9.17, 15) is 18.8 Å². The fourth-order valence-electron chi connectivity index (χ4n) is 3.04. The second-order valence-electron chi connectivity index (χ2n) is 6.95. The number of benzene rings is 2. The summed E-state index contributed by atoms with van der Waals surface area (Å²) in [5, 5.41) is 2.35. The molecule has 1 N–H and O–H groups in total. The number of esters is 1. The summed E-state index contributed by atoms with van der Waals surface area (Å²) < 4.78 is 19.3. The number of amides is 2. The van der Waals surface area contributed by atoms with Crippen LogP contribution in [0, 0.1) is 25.6 Å². The van der Waals surface area contributed by atoms with Gasteiger partial charge >= 0.3 is 5.97 Å². The van der Waals surface area contributed by atoms with Crippen LogP contribution in [0.2, 0.25) is 0 Å². The van der Waals surface area contributed by atoms with E-state index >= 15 is 0 Å². The topological polar surface area (TPSA) is 75.7 Å². The lowest BCUT2D eigenvalue weighted by molar-refractivity contribution is -0.151. The molecule has 8 heteroatoms. The molecule has 152 valence electrons. The standard InChI is InChI=1S/C21H20BrFN2O4/c1-12-3-5-16(7-13(12)2)25-10-14(8-20(25)27)21(28)29-11-19(26)24-18-6-4-15(22)9-17(18)23/h3-7,9,14H,8,10-11H2,1-2H3,(H,24,26). The van der Waals surface area contributed by atoms with Gasteiger partial charge < -0.3 is 15.0 Å². The molecule has 2 aromatic carbocycles. The highest BCUT2D eigenvalue weighted by Crippen LogP contribution is 2.27. The maximum absolute atomic E-state index is 13.8. The largest absolute Gasteiger partial charge is 0.455 e. The molecule has 29 heavy (non-hydrogen) atoms. The van der Waals surface area contributed by atoms with E-state index < -0.39 is 30.2 Å². The van der Waals surface area contributed by atoms with Crippen molar-refractivity contribution in [3.05, 3.63) is 57.8 Å². The van der Waals surface area contributed by atoms with Crippen LogP contribution in [0.4, 0.5) is 15.8 Å². The number of nitrogens with zero attached hydrogens (tertiary/aromatic N) is 1. The van der Waals surface area contributed by atoms with E-state index in [1.165, 1.54) is 12.1 Å². The number of anilines is 2. The average Bonchev–Trinajstić information content (AvgIpc) is 3.06. The Hall–Kier alpha value is -2.74. The summed E-state index contributed by atoms with van der Waals surface area (Å²) >= 11 is 3.13. The van der Waals surface area contributed by atoms with E-state index in [4.69, 9.17) is 4.74 Å². The summed E-state index contributed by atoms with van der Waals surface area (Å²) in [4.78, 5) is 38.1. The van der Waals surface area contributed by atoms with Gasteiger partial charge in [0.25, 0.3) is 5.91 Å². The Balaban J connectivity index is 1.55. The molecule has 0 radical (unpaired) electrons. The quantitative estimate of drug-likeness (QED) is 0.686. The maximum atomic E-state index is 13.8. The minimum Gasteiger partial charge on any atom is -0.455 e. The summed E-state index contributed by atoms with van der Waals surface area (Å²) in [5.74, 6) is -2.71. The number of hydrogen-bond donors (Lipinski definition) is 1. The minimum atomic E-state index is -0.657. The number of hydrogen-bond acceptors (Lipinski definition) is 4. The number of carbonyl (C=O) groups excluding carboxylic acids is 3. The van der Waals surface area contributed by atoms with Gasteiger partial charge in [-0.1, -0.05) is 22.0 Å². The van der Waals surface area contributed by atoms with Crippen LogP contribution in [0.25, 0.3) is 0 Å². The highest BCUT2D eigenvalue weighted by Gasteiger charge is 2.36. The fraction of sp³-hybridized carbons (Fsp3) is 0.286. The molecule has 0 spiro atoms. The number of nitrogens with one attached hydrogen (secondary N) is 1. The monoisotopic (exact) mass is 462 g/mol. The number of ether oxygens (including phenoxy) is 1. The van der Waals surface area contributed by atoms with Crippen LogP contribution in [0.5, 0.6) is 0 Å². The van der Waals surface area contributed by atoms with Crippen molar-refractivity contribution in [2.45, 2.75) is 20.3 Å². The SMILES string of the molecule is Cc1ccc(N2CC(C(=O)OCC(=O)Nc3ccc(Br)cc3F)CC2=O)cc1C. The molecule has 1 aliphatic heterocycles. The summed E-state index contributed by atoms with van der Waals surface area (Å²) in [7, 11) is 0. The van der Waals surface area contributed by atoms with Crippen LogP contribution < -0.4 is 10.2 Å². The third-order valence-electron chi connectivity index (χ3n) is 4.81. The highest BCUT2D eigenvalue weighted by atomic mass is 79.9. The first-order valence-corrected chi connectivity index (χ1v) is 9.83. The minimum absolute atomic E-state index is 0.00814. The first-order chi connectivity index (χ1) is 13.7. The fourth-order valence-corrected chi connectivity index (χ4v) is 3.37. The van der Waals surface area contributed by atoms with Gasteiger partial charge in [-0.2, -0.15) is 0 Å². The Kier molecular flexibility index (Phi) is 6.32. The molecule has 0 aromatic heterocycles. The van der Waals surface area contributed by atoms with E-state index in [2.05, 4.69) is 21.2 Å². The summed E-state index contributed by atoms with van der Waals surface area (Å²) in [6, 6.07) is 9.87. The van der Waals surface area contributed by atoms with E-state index in [-0.39, 0.29) is 24.6 Å². The lowest BCUT2D eigenvalue weighted by atomic mass is 10.1. The van der Waals surface area contributed by atoms with Gasteiger partial charge in [0, 0.05) is 23.1 Å². The molecule has 6 nitrogen and oxygen atoms in total. The van der Waals surface area contributed by atoms with Crippen LogP contribution in [0.3, 0.4) is 0 Å². The normalized spacial score (nSPS) is 16.1. The van der Waals surface area contributed by atoms with E-state index in [1.807, 2.05) is 32.0 Å². The Morgan fingerprint density at radius 1 is 1.21 bits per heavy atom. The molecule has 2 amide bonds. The first-order valence-electron chi connectivity index (χ1n) is 9.03. The Morgan fingerprint density at radius 2 is 1.97 bits per heavy atom. The van der Waals surface area contributed by atoms with Gasteiger partial charge in [0.1, 0.15) is 5.82 Å². The molecule has 0 aliphatic carbocycles. The second kappa shape index (κ2) is 8.73. The Labute approximate surface area is 176 Å². The molecular formula is C21H20BrFN2O4. The van der Waals surface area contributed by atoms with Gasteiger partial charge in [0.15, 0.2) is 6.61 Å². The first kappa shape index (κ1) is 21.0. The summed E-state index contributed by atoms with van der Waals surface area (Å²) in [6.45, 7) is 3.58. The van der Waals surface area contributed by atoms with Crippen molar-refractivity contribution in [2.24, 2.45) is 5.92 Å². The Morgan fingerprint density at radius 3 is 2.66 bits per heavy atom. The molecule has 0 bridgehead atoms. The van der Waals surface area contributed by atoms with Crippen molar-refractivity contribution >= 4 is 45.1 Å². The zero-order chi connectivity index (χ0) is 21.1.